The fraction of sp³-hybridized carbons (Fsp3) is 0.533. The van der Waals surface area contributed by atoms with Gasteiger partial charge in [-0.05, 0) is 26.3 Å². The Bertz CT molecular complexity index is 434. The summed E-state index contributed by atoms with van der Waals surface area (Å²) in [7, 11) is 0. The van der Waals surface area contributed by atoms with E-state index in [4.69, 9.17) is 4.74 Å². The molecule has 2 unspecified atom stereocenters. The predicted octanol–water partition coefficient (Wildman–Crippen LogP) is 1.39. The SMILES string of the molecule is CC(=O)NCCC(O)C(O)c1ccccc1OC(C)C. The van der Waals surface area contributed by atoms with E-state index in [1.807, 2.05) is 19.9 Å². The van der Waals surface area contributed by atoms with Crippen LogP contribution in [0.25, 0.3) is 0 Å². The van der Waals surface area contributed by atoms with Gasteiger partial charge in [0, 0.05) is 19.0 Å². The Labute approximate surface area is 119 Å². The van der Waals surface area contributed by atoms with Crippen molar-refractivity contribution >= 4 is 5.91 Å². The highest BCUT2D eigenvalue weighted by Crippen LogP contribution is 2.28. The van der Waals surface area contributed by atoms with Crippen LogP contribution in [0, 0.1) is 0 Å². The molecule has 0 heterocycles. The van der Waals surface area contributed by atoms with Crippen LogP contribution in [0.2, 0.25) is 0 Å². The van der Waals surface area contributed by atoms with E-state index < -0.39 is 12.2 Å². The molecule has 20 heavy (non-hydrogen) atoms. The van der Waals surface area contributed by atoms with Crippen LogP contribution in [0.15, 0.2) is 24.3 Å². The number of aliphatic hydroxyl groups is 2. The lowest BCUT2D eigenvalue weighted by atomic mass is 10.0. The van der Waals surface area contributed by atoms with Crippen LogP contribution in [0.4, 0.5) is 0 Å². The van der Waals surface area contributed by atoms with Crippen molar-refractivity contribution in [3.63, 3.8) is 0 Å². The third-order valence-electron chi connectivity index (χ3n) is 2.78. The summed E-state index contributed by atoms with van der Waals surface area (Å²) in [6.45, 7) is 5.53. The molecule has 3 N–H and O–H groups in total. The van der Waals surface area contributed by atoms with Crippen LogP contribution in [0.5, 0.6) is 5.75 Å². The van der Waals surface area contributed by atoms with Crippen molar-refractivity contribution < 1.29 is 19.7 Å². The second-order valence-electron chi connectivity index (χ2n) is 4.99. The average Bonchev–Trinajstić information content (AvgIpc) is 2.37. The minimum atomic E-state index is -1.04. The van der Waals surface area contributed by atoms with E-state index >= 15 is 0 Å². The third kappa shape index (κ3) is 5.19. The van der Waals surface area contributed by atoms with Crippen LogP contribution < -0.4 is 10.1 Å². The van der Waals surface area contributed by atoms with Gasteiger partial charge in [0.2, 0.25) is 5.91 Å². The molecule has 1 rings (SSSR count). The molecule has 2 atom stereocenters. The van der Waals surface area contributed by atoms with Crippen molar-refractivity contribution in [3.05, 3.63) is 29.8 Å². The Balaban J connectivity index is 2.70. The molecule has 0 bridgehead atoms. The molecule has 0 saturated heterocycles. The summed E-state index contributed by atoms with van der Waals surface area (Å²) in [5, 5.41) is 22.8. The molecular formula is C15H23NO4. The molecule has 112 valence electrons. The lowest BCUT2D eigenvalue weighted by Crippen LogP contribution is -2.28. The van der Waals surface area contributed by atoms with Gasteiger partial charge in [-0.2, -0.15) is 0 Å². The van der Waals surface area contributed by atoms with Crippen molar-refractivity contribution in [2.24, 2.45) is 0 Å². The largest absolute Gasteiger partial charge is 0.491 e. The maximum Gasteiger partial charge on any atom is 0.216 e. The van der Waals surface area contributed by atoms with Gasteiger partial charge in [-0.3, -0.25) is 4.79 Å². The van der Waals surface area contributed by atoms with Crippen LogP contribution in [0.3, 0.4) is 0 Å². The van der Waals surface area contributed by atoms with E-state index in [0.717, 1.165) is 0 Å². The van der Waals surface area contributed by atoms with Crippen molar-refractivity contribution in [1.82, 2.24) is 5.32 Å². The summed E-state index contributed by atoms with van der Waals surface area (Å²) in [4.78, 5) is 10.8. The van der Waals surface area contributed by atoms with Gasteiger partial charge in [-0.25, -0.2) is 0 Å². The fourth-order valence-electron chi connectivity index (χ4n) is 1.85. The summed E-state index contributed by atoms with van der Waals surface area (Å²) >= 11 is 0. The average molecular weight is 281 g/mol. The molecule has 5 heteroatoms. The second-order valence-corrected chi connectivity index (χ2v) is 4.99. The Hall–Kier alpha value is -1.59. The molecule has 0 aliphatic carbocycles. The van der Waals surface area contributed by atoms with Gasteiger partial charge in [-0.1, -0.05) is 18.2 Å². The van der Waals surface area contributed by atoms with E-state index in [1.165, 1.54) is 6.92 Å². The van der Waals surface area contributed by atoms with Gasteiger partial charge < -0.3 is 20.3 Å². The van der Waals surface area contributed by atoms with Gasteiger partial charge in [0.25, 0.3) is 0 Å². The highest BCUT2D eigenvalue weighted by Gasteiger charge is 2.21. The molecule has 0 aliphatic rings. The van der Waals surface area contributed by atoms with E-state index in [2.05, 4.69) is 5.32 Å². The topological polar surface area (TPSA) is 78.8 Å². The number of rotatable bonds is 7. The monoisotopic (exact) mass is 281 g/mol. The molecular weight excluding hydrogens is 258 g/mol. The summed E-state index contributed by atoms with van der Waals surface area (Å²) in [6.07, 6.45) is -1.74. The molecule has 1 aromatic rings. The van der Waals surface area contributed by atoms with E-state index in [-0.39, 0.29) is 18.4 Å². The molecule has 0 fully saturated rings. The number of para-hydroxylation sites is 1. The van der Waals surface area contributed by atoms with Gasteiger partial charge >= 0.3 is 0 Å². The van der Waals surface area contributed by atoms with Crippen LogP contribution in [0.1, 0.15) is 38.9 Å². The molecule has 1 amide bonds. The highest BCUT2D eigenvalue weighted by molar-refractivity contribution is 5.72. The van der Waals surface area contributed by atoms with Crippen molar-refractivity contribution in [2.75, 3.05) is 6.54 Å². The number of carbonyl (C=O) groups excluding carboxylic acids is 1. The van der Waals surface area contributed by atoms with Crippen molar-refractivity contribution in [3.8, 4) is 5.75 Å². The number of hydrogen-bond donors (Lipinski definition) is 3. The number of benzene rings is 1. The Morgan fingerprint density at radius 3 is 2.55 bits per heavy atom. The van der Waals surface area contributed by atoms with Crippen LogP contribution in [-0.2, 0) is 4.79 Å². The number of amides is 1. The Morgan fingerprint density at radius 1 is 1.30 bits per heavy atom. The smallest absolute Gasteiger partial charge is 0.216 e. The molecule has 0 radical (unpaired) electrons. The standard InChI is InChI=1S/C15H23NO4/c1-10(2)20-14-7-5-4-6-12(14)15(19)13(18)8-9-16-11(3)17/h4-7,10,13,15,18-19H,8-9H2,1-3H3,(H,16,17). The summed E-state index contributed by atoms with van der Waals surface area (Å²) in [6, 6.07) is 7.09. The fourth-order valence-corrected chi connectivity index (χ4v) is 1.85. The van der Waals surface area contributed by atoms with Crippen LogP contribution in [-0.4, -0.2) is 34.9 Å². The van der Waals surface area contributed by atoms with Crippen molar-refractivity contribution in [2.45, 2.75) is 45.5 Å². The summed E-state index contributed by atoms with van der Waals surface area (Å²) in [5.74, 6) is 0.406. The third-order valence-corrected chi connectivity index (χ3v) is 2.78. The first-order chi connectivity index (χ1) is 9.41. The predicted molar refractivity (Wildman–Crippen MR) is 76.5 cm³/mol. The Morgan fingerprint density at radius 2 is 1.95 bits per heavy atom. The normalized spacial score (nSPS) is 13.9. The maximum absolute atomic E-state index is 10.8. The minimum Gasteiger partial charge on any atom is -0.491 e. The zero-order chi connectivity index (χ0) is 15.1. The van der Waals surface area contributed by atoms with Gasteiger partial charge in [0.15, 0.2) is 0 Å². The zero-order valence-electron chi connectivity index (χ0n) is 12.2. The minimum absolute atomic E-state index is 0.0140. The number of ether oxygens (including phenoxy) is 1. The molecule has 1 aromatic carbocycles. The lowest BCUT2D eigenvalue weighted by molar-refractivity contribution is -0.119. The maximum atomic E-state index is 10.8. The Kier molecular flexibility index (Phi) is 6.48. The molecule has 5 nitrogen and oxygen atoms in total. The van der Waals surface area contributed by atoms with Gasteiger partial charge in [-0.15, -0.1) is 0 Å². The van der Waals surface area contributed by atoms with Gasteiger partial charge in [0.1, 0.15) is 11.9 Å². The zero-order valence-corrected chi connectivity index (χ0v) is 12.2. The summed E-state index contributed by atoms with van der Waals surface area (Å²) in [5.41, 5.74) is 0.552. The highest BCUT2D eigenvalue weighted by atomic mass is 16.5. The first kappa shape index (κ1) is 16.5. The number of aliphatic hydroxyl groups excluding tert-OH is 2. The summed E-state index contributed by atoms with van der Waals surface area (Å²) < 4.78 is 5.62. The van der Waals surface area contributed by atoms with Crippen molar-refractivity contribution in [1.29, 1.82) is 0 Å². The second kappa shape index (κ2) is 7.87. The first-order valence-corrected chi connectivity index (χ1v) is 6.78. The molecule has 0 aliphatic heterocycles. The first-order valence-electron chi connectivity index (χ1n) is 6.78. The number of hydrogen-bond acceptors (Lipinski definition) is 4. The van der Waals surface area contributed by atoms with E-state index in [1.54, 1.807) is 18.2 Å². The van der Waals surface area contributed by atoms with Crippen LogP contribution >= 0.6 is 0 Å². The van der Waals surface area contributed by atoms with Gasteiger partial charge in [0.05, 0.1) is 12.2 Å². The molecule has 0 aromatic heterocycles. The lowest BCUT2D eigenvalue weighted by Gasteiger charge is -2.22. The van der Waals surface area contributed by atoms with E-state index in [9.17, 15) is 15.0 Å². The molecule has 0 saturated carbocycles. The number of nitrogens with one attached hydrogen (secondary N) is 1. The number of carbonyl (C=O) groups is 1. The van der Waals surface area contributed by atoms with E-state index in [0.29, 0.717) is 17.9 Å². The quantitative estimate of drug-likeness (QED) is 0.706. The molecule has 0 spiro atoms.